The van der Waals surface area contributed by atoms with Crippen molar-refractivity contribution in [2.24, 2.45) is 0 Å². The van der Waals surface area contributed by atoms with E-state index in [4.69, 9.17) is 0 Å². The van der Waals surface area contributed by atoms with E-state index in [1.165, 1.54) is 35.3 Å². The van der Waals surface area contributed by atoms with Gasteiger partial charge < -0.3 is 0 Å². The van der Waals surface area contributed by atoms with Gasteiger partial charge >= 0.3 is 0 Å². The van der Waals surface area contributed by atoms with Gasteiger partial charge in [-0.15, -0.1) is 0 Å². The van der Waals surface area contributed by atoms with Crippen LogP contribution in [0, 0.1) is 0 Å². The maximum Gasteiger partial charge on any atom is 0.0357 e. The highest BCUT2D eigenvalue weighted by molar-refractivity contribution is 7.35. The Morgan fingerprint density at radius 2 is 1.84 bits per heavy atom. The minimum absolute atomic E-state index is 0.487. The van der Waals surface area contributed by atoms with Gasteiger partial charge in [0.25, 0.3) is 0 Å². The van der Waals surface area contributed by atoms with Gasteiger partial charge in [0.1, 0.15) is 0 Å². The number of unbranched alkanes of at least 4 members (excludes halogenated alkanes) is 1. The number of hydrogen-bond acceptors (Lipinski definition) is 1. The Kier molecular flexibility index (Phi) is 5.36. The molecule has 0 bridgehead atoms. The van der Waals surface area contributed by atoms with Crippen molar-refractivity contribution in [3.05, 3.63) is 48.0 Å². The average molecular weight is 273 g/mol. The van der Waals surface area contributed by atoms with Crippen LogP contribution < -0.4 is 0 Å². The first kappa shape index (κ1) is 14.5. The lowest BCUT2D eigenvalue weighted by atomic mass is 10.00. The van der Waals surface area contributed by atoms with Crippen molar-refractivity contribution in [3.8, 4) is 0 Å². The molecule has 0 aliphatic carbocycles. The molecule has 0 heterocycles. The molecule has 0 spiro atoms. The lowest BCUT2D eigenvalue weighted by Gasteiger charge is -2.26. The second kappa shape index (κ2) is 7.03. The molecule has 0 aromatic heterocycles. The van der Waals surface area contributed by atoms with Crippen LogP contribution in [0.3, 0.4) is 0 Å². The normalized spacial score (nSPS) is 13.7. The van der Waals surface area contributed by atoms with E-state index in [1.807, 2.05) is 0 Å². The third kappa shape index (κ3) is 3.55. The van der Waals surface area contributed by atoms with E-state index >= 15 is 0 Å². The fourth-order valence-electron chi connectivity index (χ4n) is 2.39. The van der Waals surface area contributed by atoms with E-state index in [0.717, 1.165) is 8.73 Å². The number of hydrogen-bond donors (Lipinski definition) is 0. The first-order valence-corrected chi connectivity index (χ1v) is 8.33. The van der Waals surface area contributed by atoms with E-state index in [9.17, 15) is 0 Å². The summed E-state index contributed by atoms with van der Waals surface area (Å²) in [6.45, 7) is 4.58. The first-order chi connectivity index (χ1) is 9.24. The molecule has 1 nitrogen and oxygen atoms in total. The summed E-state index contributed by atoms with van der Waals surface area (Å²) < 4.78 is 2.50. The number of nitrogens with zero attached hydrogens (tertiary/aromatic N) is 1. The Balaban J connectivity index is 2.18. The van der Waals surface area contributed by atoms with Crippen molar-refractivity contribution < 1.29 is 0 Å². The summed E-state index contributed by atoms with van der Waals surface area (Å²) in [5.41, 5.74) is 1.45. The van der Waals surface area contributed by atoms with Crippen LogP contribution in [0.4, 0.5) is 0 Å². The molecule has 0 fully saturated rings. The topological polar surface area (TPSA) is 3.24 Å². The van der Waals surface area contributed by atoms with Crippen molar-refractivity contribution in [1.82, 2.24) is 4.67 Å². The molecule has 0 aliphatic heterocycles. The molecule has 2 unspecified atom stereocenters. The smallest absolute Gasteiger partial charge is 0.0357 e. The molecular formula is C17H24NP. The molecule has 102 valence electrons. The summed E-state index contributed by atoms with van der Waals surface area (Å²) in [6.07, 6.45) is 3.95. The first-order valence-electron chi connectivity index (χ1n) is 7.18. The quantitative estimate of drug-likeness (QED) is 0.515. The summed E-state index contributed by atoms with van der Waals surface area (Å²) in [5.74, 6) is 0. The van der Waals surface area contributed by atoms with E-state index < -0.39 is 0 Å². The van der Waals surface area contributed by atoms with Crippen LogP contribution in [0.25, 0.3) is 10.8 Å². The zero-order chi connectivity index (χ0) is 13.7. The average Bonchev–Trinajstić information content (AvgIpc) is 2.46. The lowest BCUT2D eigenvalue weighted by molar-refractivity contribution is 0.447. The van der Waals surface area contributed by atoms with Gasteiger partial charge in [0.15, 0.2) is 0 Å². The Hall–Kier alpha value is -0.910. The van der Waals surface area contributed by atoms with Crippen LogP contribution in [0.15, 0.2) is 42.5 Å². The highest BCUT2D eigenvalue weighted by atomic mass is 31.1. The number of rotatable bonds is 6. The standard InChI is InChI=1S/C17H24NP/c1-4-5-13-19-18(3)14(2)16-12-8-10-15-9-6-7-11-17(15)16/h6-12,14,19H,4-5,13H2,1-3H3. The van der Waals surface area contributed by atoms with Crippen LogP contribution >= 0.6 is 8.73 Å². The Bertz CT molecular complexity index is 518. The summed E-state index contributed by atoms with van der Waals surface area (Å²) in [6, 6.07) is 15.8. The van der Waals surface area contributed by atoms with E-state index in [2.05, 4.69) is 68.0 Å². The minimum atomic E-state index is 0.487. The largest absolute Gasteiger partial charge is 0.281 e. The summed E-state index contributed by atoms with van der Waals surface area (Å²) in [4.78, 5) is 0. The van der Waals surface area contributed by atoms with E-state index in [-0.39, 0.29) is 0 Å². The van der Waals surface area contributed by atoms with Crippen LogP contribution in [-0.2, 0) is 0 Å². The molecule has 2 heteroatoms. The third-order valence-electron chi connectivity index (χ3n) is 3.75. The predicted molar refractivity (Wildman–Crippen MR) is 88.2 cm³/mol. The third-order valence-corrected chi connectivity index (χ3v) is 5.21. The van der Waals surface area contributed by atoms with Gasteiger partial charge in [-0.1, -0.05) is 64.5 Å². The number of benzene rings is 2. The van der Waals surface area contributed by atoms with Gasteiger partial charge in [0.2, 0.25) is 0 Å². The summed E-state index contributed by atoms with van der Waals surface area (Å²) >= 11 is 0. The highest BCUT2D eigenvalue weighted by Gasteiger charge is 2.13. The molecule has 0 radical (unpaired) electrons. The Labute approximate surface area is 118 Å². The number of fused-ring (bicyclic) bond motifs is 1. The van der Waals surface area contributed by atoms with Crippen molar-refractivity contribution >= 4 is 19.5 Å². The van der Waals surface area contributed by atoms with Crippen LogP contribution in [0.1, 0.15) is 38.3 Å². The predicted octanol–water partition coefficient (Wildman–Crippen LogP) is 5.23. The Morgan fingerprint density at radius 1 is 1.11 bits per heavy atom. The second-order valence-corrected chi connectivity index (χ2v) is 6.64. The van der Waals surface area contributed by atoms with Crippen molar-refractivity contribution in [3.63, 3.8) is 0 Å². The highest BCUT2D eigenvalue weighted by Crippen LogP contribution is 2.33. The lowest BCUT2D eigenvalue weighted by Crippen LogP contribution is -2.14. The summed E-state index contributed by atoms with van der Waals surface area (Å²) in [5, 5.41) is 2.74. The maximum atomic E-state index is 2.50. The monoisotopic (exact) mass is 273 g/mol. The molecule has 0 N–H and O–H groups in total. The fourth-order valence-corrected chi connectivity index (χ4v) is 3.67. The molecule has 2 aromatic carbocycles. The van der Waals surface area contributed by atoms with Crippen LogP contribution in [-0.4, -0.2) is 17.9 Å². The van der Waals surface area contributed by atoms with Crippen molar-refractivity contribution in [2.45, 2.75) is 32.7 Å². The Morgan fingerprint density at radius 3 is 2.63 bits per heavy atom. The van der Waals surface area contributed by atoms with Crippen molar-refractivity contribution in [1.29, 1.82) is 0 Å². The van der Waals surface area contributed by atoms with Crippen molar-refractivity contribution in [2.75, 3.05) is 13.2 Å². The molecule has 19 heavy (non-hydrogen) atoms. The SMILES string of the molecule is CCCCPN(C)C(C)c1cccc2ccccc12. The van der Waals surface area contributed by atoms with E-state index in [0.29, 0.717) is 6.04 Å². The summed E-state index contributed by atoms with van der Waals surface area (Å²) in [7, 11) is 3.17. The van der Waals surface area contributed by atoms with Gasteiger partial charge in [-0.2, -0.15) is 0 Å². The minimum Gasteiger partial charge on any atom is -0.281 e. The van der Waals surface area contributed by atoms with Crippen LogP contribution in [0.5, 0.6) is 0 Å². The van der Waals surface area contributed by atoms with Crippen LogP contribution in [0.2, 0.25) is 0 Å². The molecule has 2 rings (SSSR count). The van der Waals surface area contributed by atoms with E-state index in [1.54, 1.807) is 0 Å². The molecule has 0 saturated heterocycles. The second-order valence-electron chi connectivity index (χ2n) is 5.12. The maximum absolute atomic E-state index is 2.50. The van der Waals surface area contributed by atoms with Gasteiger partial charge in [0, 0.05) is 6.04 Å². The fraction of sp³-hybridized carbons (Fsp3) is 0.412. The molecule has 2 atom stereocenters. The molecule has 0 amide bonds. The van der Waals surface area contributed by atoms with Gasteiger partial charge in [-0.25, -0.2) is 0 Å². The zero-order valence-electron chi connectivity index (χ0n) is 12.2. The molecule has 0 aliphatic rings. The molecular weight excluding hydrogens is 249 g/mol. The van der Waals surface area contributed by atoms with Gasteiger partial charge in [-0.3, -0.25) is 4.67 Å². The van der Waals surface area contributed by atoms with Gasteiger partial charge in [0.05, 0.1) is 0 Å². The van der Waals surface area contributed by atoms with Gasteiger partial charge in [-0.05, 0) is 42.9 Å². The molecule has 2 aromatic rings. The molecule has 0 saturated carbocycles. The zero-order valence-corrected chi connectivity index (χ0v) is 13.2.